The van der Waals surface area contributed by atoms with Gasteiger partial charge in [-0.05, 0) is 12.1 Å². The van der Waals surface area contributed by atoms with E-state index in [1.807, 2.05) is 0 Å². The average Bonchev–Trinajstić information content (AvgIpc) is 1.94. The lowest BCUT2D eigenvalue weighted by Crippen LogP contribution is -1.77. The third-order valence-corrected chi connectivity index (χ3v) is 1.16. The van der Waals surface area contributed by atoms with Crippen molar-refractivity contribution in [3.05, 3.63) is 48.0 Å². The van der Waals surface area contributed by atoms with Gasteiger partial charge in [0.2, 0.25) is 0 Å². The SMILES string of the molecule is C=C=Cc1ccccc1F. The van der Waals surface area contributed by atoms with Crippen molar-refractivity contribution in [3.8, 4) is 0 Å². The number of hydrogen-bond donors (Lipinski definition) is 0. The Morgan fingerprint density at radius 3 is 2.70 bits per heavy atom. The van der Waals surface area contributed by atoms with Crippen LogP contribution in [0.4, 0.5) is 4.39 Å². The van der Waals surface area contributed by atoms with E-state index in [0.29, 0.717) is 5.56 Å². The molecule has 50 valence electrons. The van der Waals surface area contributed by atoms with Crippen LogP contribution >= 0.6 is 0 Å². The second kappa shape index (κ2) is 3.00. The van der Waals surface area contributed by atoms with Gasteiger partial charge >= 0.3 is 0 Å². The molecule has 10 heavy (non-hydrogen) atoms. The van der Waals surface area contributed by atoms with Gasteiger partial charge < -0.3 is 0 Å². The standard InChI is InChI=1S/C9H7F/c1-2-5-8-6-3-4-7-9(8)10/h3-7H,1H2. The van der Waals surface area contributed by atoms with Crippen LogP contribution in [0.1, 0.15) is 5.56 Å². The zero-order chi connectivity index (χ0) is 7.40. The highest BCUT2D eigenvalue weighted by molar-refractivity contribution is 5.48. The molecule has 1 heteroatoms. The second-order valence-electron chi connectivity index (χ2n) is 1.87. The van der Waals surface area contributed by atoms with Crippen LogP contribution in [0.3, 0.4) is 0 Å². The third-order valence-electron chi connectivity index (χ3n) is 1.16. The molecule has 0 fully saturated rings. The first-order chi connectivity index (χ1) is 4.84. The van der Waals surface area contributed by atoms with Gasteiger partial charge in [0.15, 0.2) is 0 Å². The van der Waals surface area contributed by atoms with Crippen LogP contribution < -0.4 is 0 Å². The predicted octanol–water partition coefficient (Wildman–Crippen LogP) is 2.62. The van der Waals surface area contributed by atoms with Crippen LogP contribution in [0.25, 0.3) is 6.08 Å². The minimum atomic E-state index is -0.237. The summed E-state index contributed by atoms with van der Waals surface area (Å²) in [5, 5.41) is 0. The average molecular weight is 134 g/mol. The summed E-state index contributed by atoms with van der Waals surface area (Å²) >= 11 is 0. The van der Waals surface area contributed by atoms with Gasteiger partial charge in [0.25, 0.3) is 0 Å². The molecule has 1 aromatic carbocycles. The van der Waals surface area contributed by atoms with Gasteiger partial charge in [0.1, 0.15) is 5.82 Å². The second-order valence-corrected chi connectivity index (χ2v) is 1.87. The van der Waals surface area contributed by atoms with Crippen molar-refractivity contribution in [2.24, 2.45) is 0 Å². The van der Waals surface area contributed by atoms with E-state index in [0.717, 1.165) is 0 Å². The van der Waals surface area contributed by atoms with Gasteiger partial charge in [-0.25, -0.2) is 4.39 Å². The van der Waals surface area contributed by atoms with Crippen LogP contribution in [0.2, 0.25) is 0 Å². The van der Waals surface area contributed by atoms with E-state index >= 15 is 0 Å². The third kappa shape index (κ3) is 1.34. The lowest BCUT2D eigenvalue weighted by atomic mass is 10.2. The molecule has 0 radical (unpaired) electrons. The highest BCUT2D eigenvalue weighted by Crippen LogP contribution is 2.06. The molecule has 1 rings (SSSR count). The fourth-order valence-corrected chi connectivity index (χ4v) is 0.702. The summed E-state index contributed by atoms with van der Waals surface area (Å²) in [4.78, 5) is 0. The molecule has 0 spiro atoms. The van der Waals surface area contributed by atoms with Crippen molar-refractivity contribution >= 4 is 6.08 Å². The number of hydrogen-bond acceptors (Lipinski definition) is 0. The normalized spacial score (nSPS) is 8.50. The molecule has 0 saturated carbocycles. The molecule has 0 atom stereocenters. The monoisotopic (exact) mass is 134 g/mol. The first-order valence-corrected chi connectivity index (χ1v) is 2.95. The van der Waals surface area contributed by atoms with Crippen molar-refractivity contribution < 1.29 is 4.39 Å². The van der Waals surface area contributed by atoms with E-state index < -0.39 is 0 Å². The maximum atomic E-state index is 12.7. The Bertz CT molecular complexity index is 270. The summed E-state index contributed by atoms with van der Waals surface area (Å²) in [6.07, 6.45) is 1.51. The minimum Gasteiger partial charge on any atom is -0.206 e. The summed E-state index contributed by atoms with van der Waals surface area (Å²) in [6, 6.07) is 6.50. The van der Waals surface area contributed by atoms with Crippen molar-refractivity contribution in [2.45, 2.75) is 0 Å². The van der Waals surface area contributed by atoms with Gasteiger partial charge in [-0.2, -0.15) is 0 Å². The van der Waals surface area contributed by atoms with Gasteiger partial charge in [-0.3, -0.25) is 0 Å². The molecule has 1 aromatic rings. The van der Waals surface area contributed by atoms with Crippen molar-refractivity contribution in [2.75, 3.05) is 0 Å². The molecule has 0 bridgehead atoms. The van der Waals surface area contributed by atoms with E-state index in [2.05, 4.69) is 12.3 Å². The quantitative estimate of drug-likeness (QED) is 0.518. The number of rotatable bonds is 1. The Hall–Kier alpha value is -1.33. The summed E-state index contributed by atoms with van der Waals surface area (Å²) in [5.41, 5.74) is 3.04. The lowest BCUT2D eigenvalue weighted by Gasteiger charge is -1.91. The van der Waals surface area contributed by atoms with E-state index in [-0.39, 0.29) is 5.82 Å². The fourth-order valence-electron chi connectivity index (χ4n) is 0.702. The summed E-state index contributed by atoms with van der Waals surface area (Å²) in [5.74, 6) is -0.237. The van der Waals surface area contributed by atoms with Crippen LogP contribution in [-0.4, -0.2) is 0 Å². The van der Waals surface area contributed by atoms with Gasteiger partial charge in [-0.15, -0.1) is 5.73 Å². The molecule has 0 N–H and O–H groups in total. The molecular weight excluding hydrogens is 127 g/mol. The van der Waals surface area contributed by atoms with E-state index in [1.165, 1.54) is 12.1 Å². The lowest BCUT2D eigenvalue weighted by molar-refractivity contribution is 0.625. The fraction of sp³-hybridized carbons (Fsp3) is 0. The Labute approximate surface area is 59.3 Å². The van der Waals surface area contributed by atoms with Crippen LogP contribution in [0, 0.1) is 5.82 Å². The maximum absolute atomic E-state index is 12.7. The zero-order valence-electron chi connectivity index (χ0n) is 5.47. The van der Waals surface area contributed by atoms with E-state index in [9.17, 15) is 4.39 Å². The molecule has 0 aliphatic rings. The Morgan fingerprint density at radius 1 is 1.40 bits per heavy atom. The van der Waals surface area contributed by atoms with Crippen molar-refractivity contribution in [1.82, 2.24) is 0 Å². The zero-order valence-corrected chi connectivity index (χ0v) is 5.47. The summed E-state index contributed by atoms with van der Waals surface area (Å²) in [6.45, 7) is 3.35. The first kappa shape index (κ1) is 6.79. The molecule has 0 heterocycles. The highest BCUT2D eigenvalue weighted by atomic mass is 19.1. The molecule has 0 saturated heterocycles. The number of benzene rings is 1. The molecule has 0 nitrogen and oxygen atoms in total. The van der Waals surface area contributed by atoms with Gasteiger partial charge in [-0.1, -0.05) is 24.8 Å². The minimum absolute atomic E-state index is 0.237. The highest BCUT2D eigenvalue weighted by Gasteiger charge is 1.92. The van der Waals surface area contributed by atoms with Crippen LogP contribution in [-0.2, 0) is 0 Å². The topological polar surface area (TPSA) is 0 Å². The molecule has 0 aliphatic carbocycles. The largest absolute Gasteiger partial charge is 0.206 e. The summed E-state index contributed by atoms with van der Waals surface area (Å²) < 4.78 is 12.7. The van der Waals surface area contributed by atoms with E-state index in [4.69, 9.17) is 0 Å². The van der Waals surface area contributed by atoms with Crippen LogP contribution in [0.15, 0.2) is 36.6 Å². The smallest absolute Gasteiger partial charge is 0.131 e. The summed E-state index contributed by atoms with van der Waals surface area (Å²) in [7, 11) is 0. The molecule has 0 aromatic heterocycles. The Balaban J connectivity index is 3.14. The van der Waals surface area contributed by atoms with Crippen LogP contribution in [0.5, 0.6) is 0 Å². The first-order valence-electron chi connectivity index (χ1n) is 2.95. The van der Waals surface area contributed by atoms with E-state index in [1.54, 1.807) is 18.2 Å². The van der Waals surface area contributed by atoms with Crippen molar-refractivity contribution in [1.29, 1.82) is 0 Å². The molecule has 0 aliphatic heterocycles. The Kier molecular flexibility index (Phi) is 2.03. The van der Waals surface area contributed by atoms with Crippen molar-refractivity contribution in [3.63, 3.8) is 0 Å². The number of halogens is 1. The molecule has 0 unspecified atom stereocenters. The molecule has 0 amide bonds. The maximum Gasteiger partial charge on any atom is 0.131 e. The van der Waals surface area contributed by atoms with Gasteiger partial charge in [0.05, 0.1) is 0 Å². The predicted molar refractivity (Wildman–Crippen MR) is 40.0 cm³/mol. The van der Waals surface area contributed by atoms with Gasteiger partial charge in [0, 0.05) is 5.56 Å². The Morgan fingerprint density at radius 2 is 2.10 bits per heavy atom. The molecular formula is C9H7F.